The fraction of sp³-hybridized carbons (Fsp3) is 0.176. The summed E-state index contributed by atoms with van der Waals surface area (Å²) in [5, 5.41) is 2.51. The van der Waals surface area contributed by atoms with E-state index in [1.807, 2.05) is 0 Å². The minimum Gasteiger partial charge on any atom is -0.496 e. The molecule has 2 rings (SSSR count). The molecule has 9 heteroatoms. The van der Waals surface area contributed by atoms with Gasteiger partial charge in [0, 0.05) is 12.1 Å². The summed E-state index contributed by atoms with van der Waals surface area (Å²) >= 11 is 6.04. The van der Waals surface area contributed by atoms with Crippen molar-refractivity contribution < 1.29 is 32.6 Å². The van der Waals surface area contributed by atoms with Crippen molar-refractivity contribution in [1.29, 1.82) is 0 Å². The van der Waals surface area contributed by atoms with Crippen molar-refractivity contribution in [1.82, 2.24) is 0 Å². The lowest BCUT2D eigenvalue weighted by Gasteiger charge is -2.13. The molecule has 1 N–H and O–H groups in total. The predicted molar refractivity (Wildman–Crippen MR) is 89.8 cm³/mol. The van der Waals surface area contributed by atoms with Gasteiger partial charge >= 0.3 is 5.97 Å². The van der Waals surface area contributed by atoms with E-state index in [1.165, 1.54) is 26.4 Å². The summed E-state index contributed by atoms with van der Waals surface area (Å²) in [6.07, 6.45) is 0. The monoisotopic (exact) mass is 385 g/mol. The van der Waals surface area contributed by atoms with Gasteiger partial charge < -0.3 is 19.5 Å². The van der Waals surface area contributed by atoms with Gasteiger partial charge in [-0.2, -0.15) is 0 Å². The molecule has 0 radical (unpaired) electrons. The van der Waals surface area contributed by atoms with Crippen LogP contribution in [0.15, 0.2) is 30.3 Å². The summed E-state index contributed by atoms with van der Waals surface area (Å²) in [7, 11) is 2.54. The Balaban J connectivity index is 2.09. The van der Waals surface area contributed by atoms with Crippen LogP contribution in [-0.4, -0.2) is 32.7 Å². The second-order valence-corrected chi connectivity index (χ2v) is 5.34. The van der Waals surface area contributed by atoms with Crippen LogP contribution < -0.4 is 14.8 Å². The highest BCUT2D eigenvalue weighted by Gasteiger charge is 2.18. The summed E-state index contributed by atoms with van der Waals surface area (Å²) in [4.78, 5) is 23.6. The van der Waals surface area contributed by atoms with Crippen molar-refractivity contribution >= 4 is 29.2 Å². The molecule has 138 valence electrons. The molecule has 0 atom stereocenters. The summed E-state index contributed by atoms with van der Waals surface area (Å²) < 4.78 is 41.0. The lowest BCUT2D eigenvalue weighted by molar-refractivity contribution is -0.118. The standard InChI is InChI=1S/C17H14ClF2NO5/c1-24-15-7-13(11(18)6-10(15)17(23)25-2)21-16(22)8-26-14-4-3-9(19)5-12(14)20/h3-7H,8H2,1-2H3,(H,21,22). The van der Waals surface area contributed by atoms with E-state index in [1.54, 1.807) is 0 Å². The molecule has 0 aliphatic rings. The van der Waals surface area contributed by atoms with Gasteiger partial charge in [-0.3, -0.25) is 4.79 Å². The average molecular weight is 386 g/mol. The number of hydrogen-bond donors (Lipinski definition) is 1. The zero-order valence-electron chi connectivity index (χ0n) is 13.8. The van der Waals surface area contributed by atoms with Crippen LogP contribution in [0.25, 0.3) is 0 Å². The van der Waals surface area contributed by atoms with Crippen LogP contribution in [0.4, 0.5) is 14.5 Å². The van der Waals surface area contributed by atoms with Gasteiger partial charge in [-0.1, -0.05) is 11.6 Å². The molecular weight excluding hydrogens is 372 g/mol. The molecule has 0 spiro atoms. The molecule has 2 aromatic carbocycles. The minimum atomic E-state index is -0.931. The van der Waals surface area contributed by atoms with E-state index in [2.05, 4.69) is 10.1 Å². The first kappa shape index (κ1) is 19.5. The Kier molecular flexibility index (Phi) is 6.35. The first-order chi connectivity index (χ1) is 12.3. The first-order valence-corrected chi connectivity index (χ1v) is 7.57. The summed E-state index contributed by atoms with van der Waals surface area (Å²) in [6.45, 7) is -0.542. The van der Waals surface area contributed by atoms with Gasteiger partial charge in [0.15, 0.2) is 18.2 Å². The highest BCUT2D eigenvalue weighted by Crippen LogP contribution is 2.31. The first-order valence-electron chi connectivity index (χ1n) is 7.19. The number of carbonyl (C=O) groups excluding carboxylic acids is 2. The number of halogens is 3. The molecule has 2 aromatic rings. The van der Waals surface area contributed by atoms with E-state index in [9.17, 15) is 18.4 Å². The lowest BCUT2D eigenvalue weighted by Crippen LogP contribution is -2.21. The molecule has 0 saturated carbocycles. The number of carbonyl (C=O) groups is 2. The van der Waals surface area contributed by atoms with Crippen molar-refractivity contribution in [3.05, 3.63) is 52.6 Å². The average Bonchev–Trinajstić information content (AvgIpc) is 2.61. The van der Waals surface area contributed by atoms with Crippen molar-refractivity contribution in [2.45, 2.75) is 0 Å². The number of benzene rings is 2. The normalized spacial score (nSPS) is 10.2. The van der Waals surface area contributed by atoms with Gasteiger partial charge in [0.1, 0.15) is 17.1 Å². The molecule has 0 saturated heterocycles. The van der Waals surface area contributed by atoms with Crippen LogP contribution >= 0.6 is 11.6 Å². The summed E-state index contributed by atoms with van der Waals surface area (Å²) in [6, 6.07) is 5.33. The van der Waals surface area contributed by atoms with Crippen molar-refractivity contribution in [3.63, 3.8) is 0 Å². The Hall–Kier alpha value is -2.87. The Morgan fingerprint density at radius 2 is 1.85 bits per heavy atom. The number of methoxy groups -OCH3 is 2. The zero-order chi connectivity index (χ0) is 19.3. The molecule has 26 heavy (non-hydrogen) atoms. The number of rotatable bonds is 6. The second-order valence-electron chi connectivity index (χ2n) is 4.94. The number of esters is 1. The van der Waals surface area contributed by atoms with Crippen molar-refractivity contribution in [3.8, 4) is 11.5 Å². The third kappa shape index (κ3) is 4.60. The number of amides is 1. The Morgan fingerprint density at radius 1 is 1.12 bits per heavy atom. The maximum atomic E-state index is 13.5. The van der Waals surface area contributed by atoms with Crippen LogP contribution in [0.2, 0.25) is 5.02 Å². The molecule has 0 bridgehead atoms. The summed E-state index contributed by atoms with van der Waals surface area (Å²) in [5.41, 5.74) is 0.243. The smallest absolute Gasteiger partial charge is 0.341 e. The van der Waals surface area contributed by atoms with Crippen LogP contribution in [0.1, 0.15) is 10.4 Å². The fourth-order valence-electron chi connectivity index (χ4n) is 2.01. The van der Waals surface area contributed by atoms with Crippen LogP contribution in [0, 0.1) is 11.6 Å². The number of anilines is 1. The molecule has 0 aliphatic heterocycles. The number of nitrogens with one attached hydrogen (secondary N) is 1. The molecule has 0 aliphatic carbocycles. The van der Waals surface area contributed by atoms with Gasteiger partial charge in [0.25, 0.3) is 5.91 Å². The molecule has 6 nitrogen and oxygen atoms in total. The topological polar surface area (TPSA) is 73.9 Å². The van der Waals surface area contributed by atoms with E-state index in [-0.39, 0.29) is 27.8 Å². The van der Waals surface area contributed by atoms with Crippen molar-refractivity contribution in [2.75, 3.05) is 26.1 Å². The lowest BCUT2D eigenvalue weighted by atomic mass is 10.1. The molecular formula is C17H14ClF2NO5. The molecule has 0 heterocycles. The van der Waals surface area contributed by atoms with E-state index in [4.69, 9.17) is 21.1 Å². The summed E-state index contributed by atoms with van der Waals surface area (Å²) in [5.74, 6) is -3.13. The third-order valence-electron chi connectivity index (χ3n) is 3.22. The quantitative estimate of drug-likeness (QED) is 0.771. The Bertz CT molecular complexity index is 844. The maximum Gasteiger partial charge on any atom is 0.341 e. The second kappa shape index (κ2) is 8.48. The minimum absolute atomic E-state index is 0.0625. The SMILES string of the molecule is COC(=O)c1cc(Cl)c(NC(=O)COc2ccc(F)cc2F)cc1OC. The molecule has 0 aromatic heterocycles. The van der Waals surface area contributed by atoms with Crippen LogP contribution in [-0.2, 0) is 9.53 Å². The van der Waals surface area contributed by atoms with E-state index in [0.29, 0.717) is 6.07 Å². The molecule has 0 fully saturated rings. The van der Waals surface area contributed by atoms with Gasteiger partial charge in [0.05, 0.1) is 24.9 Å². The highest BCUT2D eigenvalue weighted by molar-refractivity contribution is 6.34. The van der Waals surface area contributed by atoms with E-state index in [0.717, 1.165) is 12.1 Å². The van der Waals surface area contributed by atoms with E-state index < -0.39 is 30.1 Å². The van der Waals surface area contributed by atoms with Gasteiger partial charge in [-0.25, -0.2) is 13.6 Å². The van der Waals surface area contributed by atoms with Crippen molar-refractivity contribution in [2.24, 2.45) is 0 Å². The Labute approximate surface area is 152 Å². The third-order valence-corrected chi connectivity index (χ3v) is 3.53. The highest BCUT2D eigenvalue weighted by atomic mass is 35.5. The van der Waals surface area contributed by atoms with Crippen LogP contribution in [0.3, 0.4) is 0 Å². The number of hydrogen-bond acceptors (Lipinski definition) is 5. The van der Waals surface area contributed by atoms with E-state index >= 15 is 0 Å². The molecule has 0 unspecified atom stereocenters. The van der Waals surface area contributed by atoms with Gasteiger partial charge in [0.2, 0.25) is 0 Å². The number of ether oxygens (including phenoxy) is 3. The predicted octanol–water partition coefficient (Wildman–Crippen LogP) is 3.43. The maximum absolute atomic E-state index is 13.5. The van der Waals surface area contributed by atoms with Gasteiger partial charge in [-0.05, 0) is 18.2 Å². The zero-order valence-corrected chi connectivity index (χ0v) is 14.5. The van der Waals surface area contributed by atoms with Gasteiger partial charge in [-0.15, -0.1) is 0 Å². The molecule has 1 amide bonds. The van der Waals surface area contributed by atoms with Crippen LogP contribution in [0.5, 0.6) is 11.5 Å². The fourth-order valence-corrected chi connectivity index (χ4v) is 2.22. The Morgan fingerprint density at radius 3 is 2.46 bits per heavy atom. The largest absolute Gasteiger partial charge is 0.496 e.